The number of nitrogens with one attached hydrogen (secondary N) is 1. The third-order valence-electron chi connectivity index (χ3n) is 3.98. The van der Waals surface area contributed by atoms with Crippen LogP contribution in [0.2, 0.25) is 0 Å². The first-order chi connectivity index (χ1) is 10.3. The van der Waals surface area contributed by atoms with Gasteiger partial charge in [0.05, 0.1) is 12.7 Å². The topological polar surface area (TPSA) is 110 Å². The maximum absolute atomic E-state index is 12.3. The number of rotatable bonds is 5. The molecule has 2 unspecified atom stereocenters. The van der Waals surface area contributed by atoms with Gasteiger partial charge in [0, 0.05) is 32.4 Å². The van der Waals surface area contributed by atoms with Gasteiger partial charge < -0.3 is 10.6 Å². The summed E-state index contributed by atoms with van der Waals surface area (Å²) in [6, 6.07) is -0.0147. The van der Waals surface area contributed by atoms with E-state index < -0.39 is 10.0 Å². The molecular weight excluding hydrogens is 306 g/mol. The van der Waals surface area contributed by atoms with Gasteiger partial charge in [0.2, 0.25) is 15.9 Å². The fourth-order valence-electron chi connectivity index (χ4n) is 2.68. The van der Waals surface area contributed by atoms with Gasteiger partial charge in [-0.3, -0.25) is 9.48 Å². The molecule has 1 aliphatic heterocycles. The highest BCUT2D eigenvalue weighted by Crippen LogP contribution is 2.21. The zero-order valence-corrected chi connectivity index (χ0v) is 13.7. The van der Waals surface area contributed by atoms with Crippen molar-refractivity contribution in [3.05, 3.63) is 12.4 Å². The Morgan fingerprint density at radius 3 is 2.86 bits per heavy atom. The van der Waals surface area contributed by atoms with E-state index in [1.807, 2.05) is 0 Å². The molecule has 8 nitrogen and oxygen atoms in total. The summed E-state index contributed by atoms with van der Waals surface area (Å²) in [5, 5.41) is 3.82. The van der Waals surface area contributed by atoms with E-state index in [4.69, 9.17) is 5.73 Å². The minimum Gasteiger partial charge on any atom is -0.337 e. The van der Waals surface area contributed by atoms with Crippen LogP contribution in [-0.4, -0.2) is 54.7 Å². The van der Waals surface area contributed by atoms with Crippen molar-refractivity contribution in [3.8, 4) is 0 Å². The molecule has 124 valence electrons. The van der Waals surface area contributed by atoms with Crippen molar-refractivity contribution in [1.29, 1.82) is 0 Å². The van der Waals surface area contributed by atoms with Crippen LogP contribution in [0.3, 0.4) is 0 Å². The second kappa shape index (κ2) is 6.76. The predicted octanol–water partition coefficient (Wildman–Crippen LogP) is -0.716. The first-order valence-corrected chi connectivity index (χ1v) is 8.79. The summed E-state index contributed by atoms with van der Waals surface area (Å²) >= 11 is 0. The lowest BCUT2D eigenvalue weighted by molar-refractivity contribution is -0.133. The molecule has 3 N–H and O–H groups in total. The minimum absolute atomic E-state index is 0.0147. The molecule has 0 aliphatic carbocycles. The van der Waals surface area contributed by atoms with Gasteiger partial charge in [-0.1, -0.05) is 6.92 Å². The SMILES string of the molecule is CC1CCN(C(=O)CNS(=O)(=O)c2cnn(C)c2)C(CN)C1. The molecule has 9 heteroatoms. The van der Waals surface area contributed by atoms with E-state index in [-0.39, 0.29) is 23.4 Å². The summed E-state index contributed by atoms with van der Waals surface area (Å²) in [5.41, 5.74) is 5.73. The van der Waals surface area contributed by atoms with E-state index in [0.29, 0.717) is 19.0 Å². The first-order valence-electron chi connectivity index (χ1n) is 7.31. The second-order valence-corrected chi connectivity index (χ2v) is 7.55. The van der Waals surface area contributed by atoms with Crippen molar-refractivity contribution in [3.63, 3.8) is 0 Å². The highest BCUT2D eigenvalue weighted by atomic mass is 32.2. The summed E-state index contributed by atoms with van der Waals surface area (Å²) < 4.78 is 27.9. The molecule has 0 spiro atoms. The van der Waals surface area contributed by atoms with Crippen LogP contribution in [0.15, 0.2) is 17.3 Å². The van der Waals surface area contributed by atoms with E-state index in [2.05, 4.69) is 16.7 Å². The number of aromatic nitrogens is 2. The molecule has 0 radical (unpaired) electrons. The zero-order valence-electron chi connectivity index (χ0n) is 12.9. The maximum Gasteiger partial charge on any atom is 0.244 e. The van der Waals surface area contributed by atoms with E-state index in [9.17, 15) is 13.2 Å². The Bertz CT molecular complexity index is 627. The summed E-state index contributed by atoms with van der Waals surface area (Å²) in [6.45, 7) is 2.89. The number of hydrogen-bond acceptors (Lipinski definition) is 5. The average molecular weight is 329 g/mol. The molecule has 1 aromatic rings. The monoisotopic (exact) mass is 329 g/mol. The fourth-order valence-corrected chi connectivity index (χ4v) is 3.64. The average Bonchev–Trinajstić information content (AvgIpc) is 2.92. The number of amides is 1. The van der Waals surface area contributed by atoms with Crippen molar-refractivity contribution in [1.82, 2.24) is 19.4 Å². The first kappa shape index (κ1) is 16.9. The largest absolute Gasteiger partial charge is 0.337 e. The van der Waals surface area contributed by atoms with Crippen LogP contribution in [0.25, 0.3) is 0 Å². The highest BCUT2D eigenvalue weighted by Gasteiger charge is 2.29. The fraction of sp³-hybridized carbons (Fsp3) is 0.692. The molecule has 1 saturated heterocycles. The second-order valence-electron chi connectivity index (χ2n) is 5.78. The van der Waals surface area contributed by atoms with Crippen LogP contribution in [0.4, 0.5) is 0 Å². The molecule has 22 heavy (non-hydrogen) atoms. The van der Waals surface area contributed by atoms with Crippen molar-refractivity contribution in [2.45, 2.75) is 30.7 Å². The van der Waals surface area contributed by atoms with Crippen molar-refractivity contribution >= 4 is 15.9 Å². The number of nitrogens with zero attached hydrogens (tertiary/aromatic N) is 3. The van der Waals surface area contributed by atoms with Gasteiger partial charge >= 0.3 is 0 Å². The van der Waals surface area contributed by atoms with E-state index in [1.165, 1.54) is 17.1 Å². The molecule has 1 aliphatic rings. The Morgan fingerprint density at radius 1 is 1.55 bits per heavy atom. The van der Waals surface area contributed by atoms with Gasteiger partial charge in [-0.25, -0.2) is 13.1 Å². The van der Waals surface area contributed by atoms with Crippen LogP contribution < -0.4 is 10.5 Å². The Hall–Kier alpha value is -1.45. The van der Waals surface area contributed by atoms with E-state index >= 15 is 0 Å². The Labute approximate surface area is 130 Å². The van der Waals surface area contributed by atoms with Crippen LogP contribution in [-0.2, 0) is 21.9 Å². The minimum atomic E-state index is -3.72. The molecule has 1 fully saturated rings. The van der Waals surface area contributed by atoms with E-state index in [0.717, 1.165) is 12.8 Å². The molecule has 0 bridgehead atoms. The molecule has 1 aromatic heterocycles. The van der Waals surface area contributed by atoms with Gasteiger partial charge in [-0.2, -0.15) is 5.10 Å². The van der Waals surface area contributed by atoms with Crippen molar-refractivity contribution in [2.24, 2.45) is 18.7 Å². The predicted molar refractivity (Wildman–Crippen MR) is 81.3 cm³/mol. The van der Waals surface area contributed by atoms with Gasteiger partial charge in [0.1, 0.15) is 4.90 Å². The third-order valence-corrected chi connectivity index (χ3v) is 5.33. The van der Waals surface area contributed by atoms with Gasteiger partial charge in [-0.15, -0.1) is 0 Å². The number of hydrogen-bond donors (Lipinski definition) is 2. The van der Waals surface area contributed by atoms with Gasteiger partial charge in [0.15, 0.2) is 0 Å². The van der Waals surface area contributed by atoms with Crippen molar-refractivity contribution < 1.29 is 13.2 Å². The Kier molecular flexibility index (Phi) is 5.20. The lowest BCUT2D eigenvalue weighted by atomic mass is 9.92. The van der Waals surface area contributed by atoms with Crippen LogP contribution >= 0.6 is 0 Å². The molecule has 0 aromatic carbocycles. The van der Waals surface area contributed by atoms with Crippen LogP contribution in [0.5, 0.6) is 0 Å². The molecule has 1 amide bonds. The number of carbonyl (C=O) groups is 1. The molecular formula is C13H23N5O3S. The van der Waals surface area contributed by atoms with Crippen LogP contribution in [0, 0.1) is 5.92 Å². The lowest BCUT2D eigenvalue weighted by Crippen LogP contribution is -2.52. The summed E-state index contributed by atoms with van der Waals surface area (Å²) in [5.74, 6) is 0.291. The number of carbonyl (C=O) groups excluding carboxylic acids is 1. The number of piperidine rings is 1. The third kappa shape index (κ3) is 3.84. The standard InChI is InChI=1S/C13H23N5O3S/c1-10-3-4-18(11(5-10)6-14)13(19)8-16-22(20,21)12-7-15-17(2)9-12/h7,9-11,16H,3-6,8,14H2,1-2H3. The lowest BCUT2D eigenvalue weighted by Gasteiger charge is -2.38. The van der Waals surface area contributed by atoms with E-state index in [1.54, 1.807) is 11.9 Å². The zero-order chi connectivity index (χ0) is 16.3. The number of likely N-dealkylation sites (tertiary alicyclic amines) is 1. The molecule has 2 rings (SSSR count). The maximum atomic E-state index is 12.3. The normalized spacial score (nSPS) is 22.8. The number of aryl methyl sites for hydroxylation is 1. The van der Waals surface area contributed by atoms with Gasteiger partial charge in [0.25, 0.3) is 0 Å². The summed E-state index contributed by atoms with van der Waals surface area (Å²) in [6.07, 6.45) is 4.41. The number of sulfonamides is 1. The van der Waals surface area contributed by atoms with Crippen molar-refractivity contribution in [2.75, 3.05) is 19.6 Å². The quantitative estimate of drug-likeness (QED) is 0.741. The summed E-state index contributed by atoms with van der Waals surface area (Å²) in [4.78, 5) is 14.0. The molecule has 2 heterocycles. The summed E-state index contributed by atoms with van der Waals surface area (Å²) in [7, 11) is -2.09. The van der Waals surface area contributed by atoms with Gasteiger partial charge in [-0.05, 0) is 18.8 Å². The highest BCUT2D eigenvalue weighted by molar-refractivity contribution is 7.89. The Morgan fingerprint density at radius 2 is 2.27 bits per heavy atom. The Balaban J connectivity index is 1.97. The molecule has 0 saturated carbocycles. The number of nitrogens with two attached hydrogens (primary N) is 1. The smallest absolute Gasteiger partial charge is 0.244 e. The van der Waals surface area contributed by atoms with Crippen LogP contribution in [0.1, 0.15) is 19.8 Å². The molecule has 2 atom stereocenters.